The highest BCUT2D eigenvalue weighted by Gasteiger charge is 2.37. The molecule has 174 valence electrons. The molecule has 5 nitrogen and oxygen atoms in total. The number of aliphatic hydroxyl groups is 1. The zero-order valence-corrected chi connectivity index (χ0v) is 19.3. The summed E-state index contributed by atoms with van der Waals surface area (Å²) in [4.78, 5) is 24.6. The number of carbonyl (C=O) groups is 2. The zero-order chi connectivity index (χ0) is 24.1. The summed E-state index contributed by atoms with van der Waals surface area (Å²) in [6, 6.07) is 6.30. The van der Waals surface area contributed by atoms with Gasteiger partial charge in [0.05, 0.1) is 5.57 Å². The van der Waals surface area contributed by atoms with E-state index in [1.54, 1.807) is 24.3 Å². The monoisotopic (exact) mass is 447 g/mol. The Morgan fingerprint density at radius 1 is 1.06 bits per heavy atom. The van der Waals surface area contributed by atoms with Crippen LogP contribution in [0.1, 0.15) is 38.7 Å². The quantitative estimate of drug-likeness (QED) is 0.243. The predicted octanol–water partition coefficient (Wildman–Crippen LogP) is 4.86. The van der Waals surface area contributed by atoms with E-state index in [1.165, 1.54) is 24.3 Å². The molecule has 5 heteroatoms. The summed E-state index contributed by atoms with van der Waals surface area (Å²) in [6.07, 6.45) is 23.3. The number of benzene rings is 1. The van der Waals surface area contributed by atoms with Crippen molar-refractivity contribution in [3.8, 4) is 5.75 Å². The number of amides is 1. The number of ketones is 1. The van der Waals surface area contributed by atoms with Gasteiger partial charge in [0.25, 0.3) is 5.91 Å². The van der Waals surface area contributed by atoms with Crippen LogP contribution in [-0.4, -0.2) is 27.6 Å². The highest BCUT2D eigenvalue weighted by Crippen LogP contribution is 2.22. The SMILES string of the molecule is C/C=C/C=C/C=C/C[C@H](C)CC/C=C/C=C/C(=O)C1=C[C@](O)(Cc2ccc(O)cc2)NC1=O. The Morgan fingerprint density at radius 3 is 2.48 bits per heavy atom. The molecular formula is C28H33NO4. The zero-order valence-electron chi connectivity index (χ0n) is 19.3. The van der Waals surface area contributed by atoms with Crippen molar-refractivity contribution < 1.29 is 19.8 Å². The molecular weight excluding hydrogens is 414 g/mol. The second-order valence-corrected chi connectivity index (χ2v) is 8.19. The van der Waals surface area contributed by atoms with Crippen molar-refractivity contribution in [2.45, 2.75) is 45.3 Å². The smallest absolute Gasteiger partial charge is 0.257 e. The van der Waals surface area contributed by atoms with Crippen molar-refractivity contribution in [3.63, 3.8) is 0 Å². The number of allylic oxidation sites excluding steroid dienone is 10. The van der Waals surface area contributed by atoms with E-state index in [0.29, 0.717) is 11.5 Å². The number of hydrogen-bond acceptors (Lipinski definition) is 4. The molecule has 2 rings (SSSR count). The van der Waals surface area contributed by atoms with Crippen molar-refractivity contribution in [2.24, 2.45) is 5.92 Å². The predicted molar refractivity (Wildman–Crippen MR) is 132 cm³/mol. The number of rotatable bonds is 12. The Hall–Kier alpha value is -3.44. The van der Waals surface area contributed by atoms with Crippen LogP contribution in [0.25, 0.3) is 0 Å². The number of nitrogens with one attached hydrogen (secondary N) is 1. The second-order valence-electron chi connectivity index (χ2n) is 8.19. The Morgan fingerprint density at radius 2 is 1.76 bits per heavy atom. The fourth-order valence-corrected chi connectivity index (χ4v) is 3.34. The van der Waals surface area contributed by atoms with Gasteiger partial charge in [0.15, 0.2) is 11.5 Å². The Kier molecular flexibility index (Phi) is 10.3. The largest absolute Gasteiger partial charge is 0.508 e. The molecule has 1 aromatic rings. The van der Waals surface area contributed by atoms with E-state index in [1.807, 2.05) is 37.3 Å². The topological polar surface area (TPSA) is 86.6 Å². The minimum absolute atomic E-state index is 0.0789. The first kappa shape index (κ1) is 25.8. The summed E-state index contributed by atoms with van der Waals surface area (Å²) in [7, 11) is 0. The average molecular weight is 448 g/mol. The van der Waals surface area contributed by atoms with Gasteiger partial charge in [0.1, 0.15) is 5.75 Å². The molecule has 1 amide bonds. The molecule has 2 atom stereocenters. The number of carbonyl (C=O) groups excluding carboxylic acids is 2. The third-order valence-corrected chi connectivity index (χ3v) is 5.15. The van der Waals surface area contributed by atoms with Gasteiger partial charge in [-0.15, -0.1) is 0 Å². The van der Waals surface area contributed by atoms with E-state index in [0.717, 1.165) is 19.3 Å². The fraction of sp³-hybridized carbons (Fsp3) is 0.286. The second kappa shape index (κ2) is 13.2. The standard InChI is InChI=1S/C28H33NO4/c1-3-4-5-6-7-10-13-22(2)14-11-8-9-12-15-26(31)25-21-28(33,29-27(25)32)20-23-16-18-24(30)19-17-23/h3-10,12,15-19,21-22,30,33H,11,13-14,20H2,1-2H3,(H,29,32)/b4-3+,6-5+,9-8+,10-7+,15-12+/t22-,28+/m0/s1. The summed E-state index contributed by atoms with van der Waals surface area (Å²) in [5.74, 6) is -0.379. The van der Waals surface area contributed by atoms with Gasteiger partial charge in [-0.25, -0.2) is 0 Å². The van der Waals surface area contributed by atoms with Gasteiger partial charge in [-0.1, -0.05) is 73.7 Å². The van der Waals surface area contributed by atoms with Gasteiger partial charge < -0.3 is 15.5 Å². The number of phenolic OH excluding ortho intramolecular Hbond substituents is 1. The minimum Gasteiger partial charge on any atom is -0.508 e. The van der Waals surface area contributed by atoms with Crippen molar-refractivity contribution in [2.75, 3.05) is 0 Å². The summed E-state index contributed by atoms with van der Waals surface area (Å²) in [6.45, 7) is 4.19. The molecule has 0 saturated carbocycles. The van der Waals surface area contributed by atoms with Crippen LogP contribution in [-0.2, 0) is 16.0 Å². The lowest BCUT2D eigenvalue weighted by Crippen LogP contribution is -2.44. The van der Waals surface area contributed by atoms with E-state index in [-0.39, 0.29) is 17.7 Å². The molecule has 0 saturated heterocycles. The molecule has 0 aliphatic carbocycles. The average Bonchev–Trinajstić information content (AvgIpc) is 3.08. The van der Waals surface area contributed by atoms with Crippen LogP contribution in [0.5, 0.6) is 5.75 Å². The van der Waals surface area contributed by atoms with Gasteiger partial charge in [0, 0.05) is 6.42 Å². The molecule has 0 radical (unpaired) electrons. The summed E-state index contributed by atoms with van der Waals surface area (Å²) < 4.78 is 0. The maximum absolute atomic E-state index is 12.4. The van der Waals surface area contributed by atoms with E-state index in [9.17, 15) is 19.8 Å². The van der Waals surface area contributed by atoms with Crippen LogP contribution in [0.4, 0.5) is 0 Å². The van der Waals surface area contributed by atoms with Crippen LogP contribution in [0.2, 0.25) is 0 Å². The number of aromatic hydroxyl groups is 1. The molecule has 0 bridgehead atoms. The van der Waals surface area contributed by atoms with Crippen molar-refractivity contribution in [1.82, 2.24) is 5.32 Å². The summed E-state index contributed by atoms with van der Waals surface area (Å²) in [5, 5.41) is 22.5. The van der Waals surface area contributed by atoms with Crippen LogP contribution >= 0.6 is 0 Å². The first-order chi connectivity index (χ1) is 15.8. The lowest BCUT2D eigenvalue weighted by molar-refractivity contribution is -0.122. The molecule has 1 aromatic carbocycles. The molecule has 0 unspecified atom stereocenters. The lowest BCUT2D eigenvalue weighted by atomic mass is 10.0. The molecule has 3 N–H and O–H groups in total. The highest BCUT2D eigenvalue weighted by atomic mass is 16.3. The van der Waals surface area contributed by atoms with Crippen LogP contribution < -0.4 is 5.32 Å². The van der Waals surface area contributed by atoms with Crippen LogP contribution in [0.15, 0.2) is 96.7 Å². The fourth-order valence-electron chi connectivity index (χ4n) is 3.34. The van der Waals surface area contributed by atoms with Gasteiger partial charge in [0.2, 0.25) is 0 Å². The summed E-state index contributed by atoms with van der Waals surface area (Å²) >= 11 is 0. The maximum atomic E-state index is 12.4. The Balaban J connectivity index is 1.79. The Bertz CT molecular complexity index is 980. The van der Waals surface area contributed by atoms with Crippen LogP contribution in [0, 0.1) is 5.92 Å². The maximum Gasteiger partial charge on any atom is 0.257 e. The van der Waals surface area contributed by atoms with Gasteiger partial charge >= 0.3 is 0 Å². The molecule has 33 heavy (non-hydrogen) atoms. The lowest BCUT2D eigenvalue weighted by Gasteiger charge is -2.20. The van der Waals surface area contributed by atoms with Gasteiger partial charge in [-0.05, 0) is 62.0 Å². The number of hydrogen-bond donors (Lipinski definition) is 3. The van der Waals surface area contributed by atoms with E-state index < -0.39 is 17.4 Å². The third-order valence-electron chi connectivity index (χ3n) is 5.15. The molecule has 1 aliphatic rings. The van der Waals surface area contributed by atoms with E-state index >= 15 is 0 Å². The number of phenols is 1. The van der Waals surface area contributed by atoms with Gasteiger partial charge in [-0.2, -0.15) is 0 Å². The van der Waals surface area contributed by atoms with Gasteiger partial charge in [-0.3, -0.25) is 9.59 Å². The van der Waals surface area contributed by atoms with Crippen molar-refractivity contribution in [3.05, 3.63) is 102 Å². The first-order valence-corrected chi connectivity index (χ1v) is 11.2. The third kappa shape index (κ3) is 9.29. The van der Waals surface area contributed by atoms with Crippen molar-refractivity contribution in [1.29, 1.82) is 0 Å². The van der Waals surface area contributed by atoms with E-state index in [4.69, 9.17) is 0 Å². The molecule has 0 spiro atoms. The van der Waals surface area contributed by atoms with Crippen LogP contribution in [0.3, 0.4) is 0 Å². The van der Waals surface area contributed by atoms with E-state index in [2.05, 4.69) is 24.4 Å². The van der Waals surface area contributed by atoms with Crippen molar-refractivity contribution >= 4 is 11.7 Å². The normalized spacial score (nSPS) is 20.0. The first-order valence-electron chi connectivity index (χ1n) is 11.2. The molecule has 0 fully saturated rings. The summed E-state index contributed by atoms with van der Waals surface area (Å²) in [5.41, 5.74) is -0.992. The molecule has 0 aromatic heterocycles. The highest BCUT2D eigenvalue weighted by molar-refractivity contribution is 6.24. The minimum atomic E-state index is -1.63. The Labute approximate surface area is 196 Å². The molecule has 1 heterocycles. The molecule has 1 aliphatic heterocycles.